The third-order valence-corrected chi connectivity index (χ3v) is 3.71. The highest BCUT2D eigenvalue weighted by Gasteiger charge is 2.01. The average molecular weight is 314 g/mol. The van der Waals surface area contributed by atoms with Crippen molar-refractivity contribution in [3.63, 3.8) is 0 Å². The van der Waals surface area contributed by atoms with Crippen LogP contribution in [0.3, 0.4) is 0 Å². The highest BCUT2D eigenvalue weighted by Crippen LogP contribution is 2.25. The van der Waals surface area contributed by atoms with Crippen LogP contribution in [0.5, 0.6) is 11.5 Å². The number of carbonyl (C=O) groups excluding carboxylic acids is 1. The largest absolute Gasteiger partial charge is 0.465 e. The van der Waals surface area contributed by atoms with Crippen LogP contribution in [-0.4, -0.2) is 18.3 Å². The van der Waals surface area contributed by atoms with Crippen molar-refractivity contribution in [3.05, 3.63) is 67.3 Å². The third-order valence-electron chi connectivity index (χ3n) is 2.73. The molecule has 0 saturated carbocycles. The molecule has 0 atom stereocenters. The lowest BCUT2D eigenvalue weighted by Gasteiger charge is -2.07. The second-order valence-electron chi connectivity index (χ2n) is 4.45. The first-order valence-corrected chi connectivity index (χ1v) is 7.99. The number of para-hydroxylation sites is 1. The Labute approximate surface area is 135 Å². The van der Waals surface area contributed by atoms with Gasteiger partial charge in [-0.2, -0.15) is 0 Å². The van der Waals surface area contributed by atoms with Gasteiger partial charge in [0.1, 0.15) is 18.1 Å². The molecular weight excluding hydrogens is 296 g/mol. The normalized spacial score (nSPS) is 10.0. The molecule has 0 unspecified atom stereocenters. The van der Waals surface area contributed by atoms with E-state index >= 15 is 0 Å². The van der Waals surface area contributed by atoms with Crippen LogP contribution in [-0.2, 0) is 9.53 Å². The van der Waals surface area contributed by atoms with Gasteiger partial charge in [-0.25, -0.2) is 0 Å². The molecule has 2 aromatic rings. The van der Waals surface area contributed by atoms with Crippen molar-refractivity contribution in [2.75, 3.05) is 12.4 Å². The molecule has 0 spiro atoms. The van der Waals surface area contributed by atoms with Gasteiger partial charge in [0.2, 0.25) is 0 Å². The molecule has 0 bridgehead atoms. The van der Waals surface area contributed by atoms with E-state index in [0.717, 1.165) is 22.1 Å². The highest BCUT2D eigenvalue weighted by molar-refractivity contribution is 7.99. The van der Waals surface area contributed by atoms with E-state index in [-0.39, 0.29) is 12.4 Å². The fourth-order valence-corrected chi connectivity index (χ4v) is 2.45. The van der Waals surface area contributed by atoms with Crippen LogP contribution in [0, 0.1) is 0 Å². The molecule has 0 aliphatic heterocycles. The number of hydrogen-bond donors (Lipinski definition) is 0. The fourth-order valence-electron chi connectivity index (χ4n) is 1.72. The van der Waals surface area contributed by atoms with E-state index in [1.54, 1.807) is 17.8 Å². The van der Waals surface area contributed by atoms with Crippen molar-refractivity contribution in [2.45, 2.75) is 11.3 Å². The topological polar surface area (TPSA) is 35.5 Å². The molecule has 0 aliphatic rings. The van der Waals surface area contributed by atoms with E-state index in [1.165, 1.54) is 0 Å². The molecule has 2 rings (SSSR count). The summed E-state index contributed by atoms with van der Waals surface area (Å²) in [5.74, 6) is 2.11. The lowest BCUT2D eigenvalue weighted by atomic mass is 10.3. The number of ether oxygens (including phenoxy) is 2. The van der Waals surface area contributed by atoms with Gasteiger partial charge in [-0.15, -0.1) is 18.3 Å². The number of carbonyl (C=O) groups is 1. The second-order valence-corrected chi connectivity index (χ2v) is 5.62. The summed E-state index contributed by atoms with van der Waals surface area (Å²) in [6, 6.07) is 17.5. The zero-order valence-electron chi connectivity index (χ0n) is 12.2. The SMILES string of the molecule is C=CCC(=O)OCCSc1ccc(Oc2ccccc2)cc1. The molecule has 0 aliphatic carbocycles. The van der Waals surface area contributed by atoms with Crippen LogP contribution in [0.4, 0.5) is 0 Å². The summed E-state index contributed by atoms with van der Waals surface area (Å²) in [7, 11) is 0. The van der Waals surface area contributed by atoms with Gasteiger partial charge in [-0.05, 0) is 36.4 Å². The van der Waals surface area contributed by atoms with E-state index in [9.17, 15) is 4.79 Å². The van der Waals surface area contributed by atoms with E-state index in [1.807, 2.05) is 54.6 Å². The zero-order valence-corrected chi connectivity index (χ0v) is 13.1. The van der Waals surface area contributed by atoms with Crippen molar-refractivity contribution < 1.29 is 14.3 Å². The second kappa shape index (κ2) is 8.95. The van der Waals surface area contributed by atoms with Gasteiger partial charge >= 0.3 is 5.97 Å². The molecule has 22 heavy (non-hydrogen) atoms. The maximum Gasteiger partial charge on any atom is 0.309 e. The number of esters is 1. The Morgan fingerprint density at radius 2 is 1.73 bits per heavy atom. The van der Waals surface area contributed by atoms with Crippen molar-refractivity contribution >= 4 is 17.7 Å². The van der Waals surface area contributed by atoms with E-state index in [4.69, 9.17) is 9.47 Å². The van der Waals surface area contributed by atoms with Crippen molar-refractivity contribution in [2.24, 2.45) is 0 Å². The highest BCUT2D eigenvalue weighted by atomic mass is 32.2. The van der Waals surface area contributed by atoms with Gasteiger partial charge < -0.3 is 9.47 Å². The summed E-state index contributed by atoms with van der Waals surface area (Å²) < 4.78 is 10.8. The quantitative estimate of drug-likeness (QED) is 0.306. The third kappa shape index (κ3) is 5.66. The summed E-state index contributed by atoms with van der Waals surface area (Å²) in [6.07, 6.45) is 1.80. The first kappa shape index (κ1) is 16.2. The minimum Gasteiger partial charge on any atom is -0.465 e. The summed E-state index contributed by atoms with van der Waals surface area (Å²) in [5.41, 5.74) is 0. The van der Waals surface area contributed by atoms with Crippen molar-refractivity contribution in [1.82, 2.24) is 0 Å². The van der Waals surface area contributed by atoms with Gasteiger partial charge in [-0.1, -0.05) is 24.3 Å². The average Bonchev–Trinajstić information content (AvgIpc) is 2.54. The molecule has 0 radical (unpaired) electrons. The Morgan fingerprint density at radius 3 is 2.41 bits per heavy atom. The van der Waals surface area contributed by atoms with Crippen LogP contribution >= 0.6 is 11.8 Å². The summed E-state index contributed by atoms with van der Waals surface area (Å²) in [4.78, 5) is 12.3. The maximum absolute atomic E-state index is 11.2. The van der Waals surface area contributed by atoms with E-state index in [0.29, 0.717) is 6.61 Å². The predicted molar refractivity (Wildman–Crippen MR) is 89.5 cm³/mol. The molecule has 114 valence electrons. The number of benzene rings is 2. The molecule has 0 fully saturated rings. The van der Waals surface area contributed by atoms with Gasteiger partial charge in [-0.3, -0.25) is 4.79 Å². The minimum absolute atomic E-state index is 0.234. The van der Waals surface area contributed by atoms with Crippen LogP contribution in [0.1, 0.15) is 6.42 Å². The lowest BCUT2D eigenvalue weighted by Crippen LogP contribution is -2.05. The Kier molecular flexibility index (Phi) is 6.58. The zero-order chi connectivity index (χ0) is 15.6. The smallest absolute Gasteiger partial charge is 0.309 e. The first-order chi connectivity index (χ1) is 10.8. The molecule has 0 aromatic heterocycles. The maximum atomic E-state index is 11.2. The van der Waals surface area contributed by atoms with Crippen molar-refractivity contribution in [1.29, 1.82) is 0 Å². The Bertz CT molecular complexity index is 593. The summed E-state index contributed by atoms with van der Waals surface area (Å²) in [6.45, 7) is 3.90. The molecular formula is C18H18O3S. The first-order valence-electron chi connectivity index (χ1n) is 7.00. The minimum atomic E-state index is -0.234. The monoisotopic (exact) mass is 314 g/mol. The number of rotatable bonds is 8. The predicted octanol–water partition coefficient (Wildman–Crippen LogP) is 4.69. The van der Waals surface area contributed by atoms with Gasteiger partial charge in [0, 0.05) is 10.6 Å². The number of hydrogen-bond acceptors (Lipinski definition) is 4. The van der Waals surface area contributed by atoms with Gasteiger partial charge in [0.05, 0.1) is 6.42 Å². The molecule has 4 heteroatoms. The molecule has 0 amide bonds. The standard InChI is InChI=1S/C18H18O3S/c1-2-6-18(19)20-13-14-22-17-11-9-16(10-12-17)21-15-7-4-3-5-8-15/h2-5,7-12H,1,6,13-14H2. The van der Waals surface area contributed by atoms with Crippen molar-refractivity contribution in [3.8, 4) is 11.5 Å². The summed E-state index contributed by atoms with van der Waals surface area (Å²) in [5, 5.41) is 0. The van der Waals surface area contributed by atoms with Crippen LogP contribution in [0.15, 0.2) is 72.1 Å². The van der Waals surface area contributed by atoms with Crippen LogP contribution in [0.25, 0.3) is 0 Å². The molecule has 0 N–H and O–H groups in total. The Morgan fingerprint density at radius 1 is 1.05 bits per heavy atom. The lowest BCUT2D eigenvalue weighted by molar-refractivity contribution is -0.141. The van der Waals surface area contributed by atoms with E-state index < -0.39 is 0 Å². The molecule has 3 nitrogen and oxygen atoms in total. The number of thioether (sulfide) groups is 1. The fraction of sp³-hybridized carbons (Fsp3) is 0.167. The van der Waals surface area contributed by atoms with E-state index in [2.05, 4.69) is 6.58 Å². The van der Waals surface area contributed by atoms with Crippen LogP contribution in [0.2, 0.25) is 0 Å². The molecule has 0 heterocycles. The van der Waals surface area contributed by atoms with Gasteiger partial charge in [0.15, 0.2) is 0 Å². The van der Waals surface area contributed by atoms with Crippen LogP contribution < -0.4 is 4.74 Å². The Balaban J connectivity index is 1.75. The Hall–Kier alpha value is -2.20. The van der Waals surface area contributed by atoms with Gasteiger partial charge in [0.25, 0.3) is 0 Å². The molecule has 2 aromatic carbocycles. The molecule has 0 saturated heterocycles. The summed E-state index contributed by atoms with van der Waals surface area (Å²) >= 11 is 1.64.